The fourth-order valence-electron chi connectivity index (χ4n) is 6.18. The van der Waals surface area contributed by atoms with E-state index >= 15 is 0 Å². The number of benzene rings is 2. The van der Waals surface area contributed by atoms with Gasteiger partial charge in [0.2, 0.25) is 0 Å². The van der Waals surface area contributed by atoms with E-state index in [9.17, 15) is 31.1 Å². The predicted octanol–water partition coefficient (Wildman–Crippen LogP) is 11.4. The molecule has 0 fully saturated rings. The number of halogens is 7. The van der Waals surface area contributed by atoms with Crippen LogP contribution in [0, 0.1) is 3.57 Å². The smallest absolute Gasteiger partial charge is 0.657 e. The second-order valence-electron chi connectivity index (χ2n) is 13.9. The Bertz CT molecular complexity index is 2510. The van der Waals surface area contributed by atoms with Crippen LogP contribution in [0.25, 0.3) is 68.6 Å². The van der Waals surface area contributed by atoms with Crippen LogP contribution in [0.15, 0.2) is 72.8 Å². The largest absolute Gasteiger partial charge is 2.00 e. The van der Waals surface area contributed by atoms with E-state index in [1.165, 1.54) is 72.8 Å². The second kappa shape index (κ2) is 15.3. The molecule has 7 rings (SSSR count). The summed E-state index contributed by atoms with van der Waals surface area (Å²) in [6.07, 6.45) is -4.63. The number of nitrogens with zero attached hydrogens (tertiary/aromatic N) is 4. The summed E-state index contributed by atoms with van der Waals surface area (Å²) in [5.41, 5.74) is -2.18. The minimum Gasteiger partial charge on any atom is -0.657 e. The van der Waals surface area contributed by atoms with Crippen LogP contribution in [0.1, 0.15) is 44.3 Å². The van der Waals surface area contributed by atoms with Gasteiger partial charge in [-0.25, -0.2) is 14.8 Å². The Kier molecular flexibility index (Phi) is 11.2. The monoisotopic (exact) mass is 930 g/mol. The van der Waals surface area contributed by atoms with E-state index < -0.39 is 59.9 Å². The maximum Gasteiger partial charge on any atom is 2.00 e. The zero-order chi connectivity index (χ0) is 38.6. The van der Waals surface area contributed by atoms with Crippen molar-refractivity contribution in [3.05, 3.63) is 116 Å². The topological polar surface area (TPSA) is 80.3 Å². The second-order valence-corrected chi connectivity index (χ2v) is 20.8. The third kappa shape index (κ3) is 8.58. The van der Waals surface area contributed by atoms with Crippen molar-refractivity contribution in [1.29, 1.82) is 0 Å². The van der Waals surface area contributed by atoms with E-state index in [0.29, 0.717) is 11.1 Å². The van der Waals surface area contributed by atoms with Crippen molar-refractivity contribution >= 4 is 83.0 Å². The quantitative estimate of drug-likeness (QED) is 0.0715. The molecule has 2 aliphatic heterocycles. The molecule has 0 N–H and O–H groups in total. The summed E-state index contributed by atoms with van der Waals surface area (Å²) in [6.45, 7) is 6.72. The van der Waals surface area contributed by atoms with Crippen molar-refractivity contribution in [3.63, 3.8) is 0 Å². The molecule has 5 aromatic rings. The summed E-state index contributed by atoms with van der Waals surface area (Å²) in [5.74, 6) is -0.551. The average molecular weight is 932 g/mol. The number of alkyl halides is 6. The molecule has 276 valence electrons. The van der Waals surface area contributed by atoms with Gasteiger partial charge in [-0.1, -0.05) is 68.2 Å². The molecule has 0 aliphatic carbocycles. The molecule has 0 unspecified atom stereocenters. The SMILES string of the molecule is C[Si](C)(C)CCOC(=O)c1ccc(-c2c3nc(c(C(F)(F)F)c4ccc([n-]4)c(-c4ccc(I)cc4)c4nc(c(C(F)(F)F)c5ccc2[n-]5)C=C4)C=C3)cc1.[Zn+2]. The van der Waals surface area contributed by atoms with E-state index in [4.69, 9.17) is 4.74 Å². The number of esters is 1. The Labute approximate surface area is 339 Å². The van der Waals surface area contributed by atoms with Gasteiger partial charge in [-0.05, 0) is 99.5 Å². The zero-order valence-corrected chi connectivity index (χ0v) is 35.7. The van der Waals surface area contributed by atoms with Gasteiger partial charge in [-0.2, -0.15) is 26.3 Å². The van der Waals surface area contributed by atoms with E-state index in [-0.39, 0.29) is 65.2 Å². The minimum atomic E-state index is -4.89. The van der Waals surface area contributed by atoms with Crippen LogP contribution < -0.4 is 9.97 Å². The molecule has 0 atom stereocenters. The number of hydrogen-bond donors (Lipinski definition) is 0. The number of ether oxygens (including phenoxy) is 1. The van der Waals surface area contributed by atoms with E-state index in [1.807, 2.05) is 0 Å². The van der Waals surface area contributed by atoms with E-state index in [2.05, 4.69) is 62.2 Å². The van der Waals surface area contributed by atoms with Crippen LogP contribution in [0.5, 0.6) is 0 Å². The fraction of sp³-hybridized carbons (Fsp3) is 0.175. The Morgan fingerprint density at radius 2 is 1.04 bits per heavy atom. The van der Waals surface area contributed by atoms with E-state index in [1.54, 1.807) is 24.3 Å². The molecule has 8 bridgehead atoms. The van der Waals surface area contributed by atoms with Gasteiger partial charge in [-0.15, -0.1) is 22.1 Å². The maximum absolute atomic E-state index is 14.9. The Hall–Kier alpha value is -4.34. The van der Waals surface area contributed by atoms with Crippen molar-refractivity contribution in [1.82, 2.24) is 19.9 Å². The molecule has 0 radical (unpaired) electrons. The zero-order valence-electron chi connectivity index (χ0n) is 29.6. The van der Waals surface area contributed by atoms with Crippen LogP contribution in [0.2, 0.25) is 25.7 Å². The van der Waals surface area contributed by atoms with Crippen molar-refractivity contribution in [2.45, 2.75) is 38.0 Å². The molecule has 5 heterocycles. The summed E-state index contributed by atoms with van der Waals surface area (Å²) >= 11 is 2.10. The molecule has 2 aromatic carbocycles. The summed E-state index contributed by atoms with van der Waals surface area (Å²) in [6, 6.07) is 18.9. The molecule has 0 saturated carbocycles. The molecular weight excluding hydrogens is 903 g/mol. The predicted molar refractivity (Wildman–Crippen MR) is 209 cm³/mol. The number of aromatic nitrogens is 4. The fourth-order valence-corrected chi connectivity index (χ4v) is 7.26. The van der Waals surface area contributed by atoms with Crippen LogP contribution in [-0.2, 0) is 36.6 Å². The van der Waals surface area contributed by atoms with Gasteiger partial charge in [-0.3, -0.25) is 0 Å². The van der Waals surface area contributed by atoms with Crippen LogP contribution in [0.4, 0.5) is 26.3 Å². The molecular formula is C40H29F6IN4O2SiZn. The number of hydrogen-bond acceptors (Lipinski definition) is 4. The number of carbonyl (C=O) groups excluding carboxylic acids is 1. The number of fused-ring (bicyclic) bond motifs is 8. The molecule has 0 saturated heterocycles. The number of carbonyl (C=O) groups is 1. The molecule has 15 heteroatoms. The van der Waals surface area contributed by atoms with Gasteiger partial charge in [0.25, 0.3) is 0 Å². The van der Waals surface area contributed by atoms with Gasteiger partial charge in [0.15, 0.2) is 0 Å². The molecule has 0 amide bonds. The first-order valence-electron chi connectivity index (χ1n) is 16.7. The first-order chi connectivity index (χ1) is 25.5. The van der Waals surface area contributed by atoms with Crippen molar-refractivity contribution in [3.8, 4) is 22.3 Å². The Morgan fingerprint density at radius 1 is 0.636 bits per heavy atom. The molecule has 3 aromatic heterocycles. The van der Waals surface area contributed by atoms with Crippen LogP contribution >= 0.6 is 22.6 Å². The Morgan fingerprint density at radius 3 is 1.45 bits per heavy atom. The normalized spacial score (nSPS) is 12.8. The van der Waals surface area contributed by atoms with Crippen molar-refractivity contribution < 1.29 is 55.4 Å². The first-order valence-corrected chi connectivity index (χ1v) is 21.5. The average Bonchev–Trinajstić information content (AvgIpc) is 3.91. The molecule has 6 nitrogen and oxygen atoms in total. The van der Waals surface area contributed by atoms with Gasteiger partial charge < -0.3 is 14.7 Å². The maximum atomic E-state index is 14.9. The van der Waals surface area contributed by atoms with Gasteiger partial charge in [0, 0.05) is 11.6 Å². The number of rotatable bonds is 6. The van der Waals surface area contributed by atoms with Gasteiger partial charge >= 0.3 is 37.8 Å². The Balaban J connectivity index is 0.00000514. The summed E-state index contributed by atoms with van der Waals surface area (Å²) in [4.78, 5) is 30.3. The van der Waals surface area contributed by atoms with Gasteiger partial charge in [0.05, 0.1) is 46.1 Å². The molecule has 0 spiro atoms. The van der Waals surface area contributed by atoms with E-state index in [0.717, 1.165) is 9.61 Å². The molecule has 55 heavy (non-hydrogen) atoms. The summed E-state index contributed by atoms with van der Waals surface area (Å²) in [5, 5.41) is 0. The third-order valence-corrected chi connectivity index (χ3v) is 11.2. The van der Waals surface area contributed by atoms with Crippen LogP contribution in [0.3, 0.4) is 0 Å². The van der Waals surface area contributed by atoms with Crippen LogP contribution in [-0.4, -0.2) is 30.6 Å². The minimum absolute atomic E-state index is 0. The summed E-state index contributed by atoms with van der Waals surface area (Å²) < 4.78 is 95.9. The first kappa shape index (κ1) is 40.3. The standard InChI is InChI=1S/C40H30F6IN4O2Si.Zn/c1-54(2,3)21-20-53-38(52)24-6-4-22(5-7-24)34-26-12-16-30(48-26)36(39(41,42)43)32-18-14-28(50-32)35(23-8-10-25(47)11-9-23)29-15-19-33(51-29)37(40(44,45)46)31-17-13-27(34)49-31;/h4-19H,20-21H2,1-3H3,(H-,48,49,50,51,52);/q-1;+2/p-1. The molecule has 2 aliphatic rings. The van der Waals surface area contributed by atoms with Crippen molar-refractivity contribution in [2.24, 2.45) is 0 Å². The van der Waals surface area contributed by atoms with Gasteiger partial charge in [0.1, 0.15) is 0 Å². The van der Waals surface area contributed by atoms with Crippen molar-refractivity contribution in [2.75, 3.05) is 6.61 Å². The summed E-state index contributed by atoms with van der Waals surface area (Å²) in [7, 11) is -1.46. The third-order valence-electron chi connectivity index (χ3n) is 8.80.